The van der Waals surface area contributed by atoms with Gasteiger partial charge in [-0.3, -0.25) is 4.57 Å². The van der Waals surface area contributed by atoms with Gasteiger partial charge in [0.05, 0.1) is 5.33 Å². The van der Waals surface area contributed by atoms with E-state index in [0.717, 1.165) is 17.1 Å². The zero-order valence-electron chi connectivity index (χ0n) is 10.8. The third-order valence-corrected chi connectivity index (χ3v) is 3.92. The van der Waals surface area contributed by atoms with Crippen molar-refractivity contribution < 1.29 is 0 Å². The Labute approximate surface area is 140 Å². The first-order valence-electron chi connectivity index (χ1n) is 6.21. The average molecular weight is 383 g/mol. The number of rotatable bonds is 3. The number of alkyl halides is 1. The Balaban J connectivity index is 2.22. The van der Waals surface area contributed by atoms with E-state index in [1.165, 1.54) is 0 Å². The molecular weight excluding hydrogens is 373 g/mol. The number of halogens is 3. The molecule has 0 unspecified atom stereocenters. The van der Waals surface area contributed by atoms with Crippen LogP contribution in [0, 0.1) is 0 Å². The van der Waals surface area contributed by atoms with Gasteiger partial charge in [0.15, 0.2) is 5.82 Å². The van der Waals surface area contributed by atoms with Gasteiger partial charge in [0.1, 0.15) is 5.82 Å². The van der Waals surface area contributed by atoms with E-state index in [4.69, 9.17) is 23.2 Å². The molecule has 21 heavy (non-hydrogen) atoms. The molecule has 6 heteroatoms. The zero-order chi connectivity index (χ0) is 14.8. The van der Waals surface area contributed by atoms with Crippen LogP contribution in [0.4, 0.5) is 0 Å². The van der Waals surface area contributed by atoms with Gasteiger partial charge < -0.3 is 0 Å². The van der Waals surface area contributed by atoms with Gasteiger partial charge in [0.2, 0.25) is 0 Å². The fourth-order valence-electron chi connectivity index (χ4n) is 2.12. The maximum Gasteiger partial charge on any atom is 0.168 e. The Morgan fingerprint density at radius 3 is 2.24 bits per heavy atom. The van der Waals surface area contributed by atoms with Crippen LogP contribution in [0.3, 0.4) is 0 Å². The van der Waals surface area contributed by atoms with E-state index in [0.29, 0.717) is 21.2 Å². The van der Waals surface area contributed by atoms with Gasteiger partial charge in [-0.1, -0.05) is 57.3 Å². The van der Waals surface area contributed by atoms with Crippen LogP contribution >= 0.6 is 39.1 Å². The second-order valence-electron chi connectivity index (χ2n) is 4.40. The van der Waals surface area contributed by atoms with Crippen molar-refractivity contribution in [2.24, 2.45) is 0 Å². The molecule has 1 aromatic heterocycles. The van der Waals surface area contributed by atoms with Crippen LogP contribution in [0.15, 0.2) is 48.5 Å². The molecule has 0 aliphatic heterocycles. The van der Waals surface area contributed by atoms with E-state index in [9.17, 15) is 0 Å². The normalized spacial score (nSPS) is 10.8. The van der Waals surface area contributed by atoms with E-state index in [2.05, 4.69) is 26.1 Å². The second-order valence-corrected chi connectivity index (χ2v) is 5.84. The van der Waals surface area contributed by atoms with Crippen molar-refractivity contribution in [3.63, 3.8) is 0 Å². The molecule has 0 saturated heterocycles. The molecule has 0 aliphatic carbocycles. The molecule has 0 atom stereocenters. The summed E-state index contributed by atoms with van der Waals surface area (Å²) in [5, 5.41) is 10.2. The van der Waals surface area contributed by atoms with E-state index in [-0.39, 0.29) is 0 Å². The van der Waals surface area contributed by atoms with Gasteiger partial charge in [-0.15, -0.1) is 10.2 Å². The lowest BCUT2D eigenvalue weighted by Gasteiger charge is -2.10. The van der Waals surface area contributed by atoms with E-state index >= 15 is 0 Å². The molecule has 0 spiro atoms. The maximum atomic E-state index is 6.09. The topological polar surface area (TPSA) is 30.7 Å². The summed E-state index contributed by atoms with van der Waals surface area (Å²) in [6.07, 6.45) is 0. The highest BCUT2D eigenvalue weighted by atomic mass is 79.9. The molecule has 0 fully saturated rings. The lowest BCUT2D eigenvalue weighted by atomic mass is 10.2. The molecule has 3 nitrogen and oxygen atoms in total. The standard InChI is InChI=1S/C15H10BrCl2N3/c16-9-14-19-20-15(10-6-11(17)8-12(18)7-10)21(14)13-4-2-1-3-5-13/h1-8H,9H2. The fraction of sp³-hybridized carbons (Fsp3) is 0.0667. The van der Waals surface area contributed by atoms with E-state index in [1.807, 2.05) is 47.0 Å². The summed E-state index contributed by atoms with van der Waals surface area (Å²) in [5.41, 5.74) is 1.82. The summed E-state index contributed by atoms with van der Waals surface area (Å²) in [6.45, 7) is 0. The smallest absolute Gasteiger partial charge is 0.168 e. The lowest BCUT2D eigenvalue weighted by molar-refractivity contribution is 0.962. The molecule has 3 aromatic rings. The molecular formula is C15H10BrCl2N3. The summed E-state index contributed by atoms with van der Waals surface area (Å²) in [6, 6.07) is 15.3. The quantitative estimate of drug-likeness (QED) is 0.587. The summed E-state index contributed by atoms with van der Waals surface area (Å²) >= 11 is 15.6. The Bertz CT molecular complexity index is 752. The molecule has 0 bridgehead atoms. The highest BCUT2D eigenvalue weighted by Crippen LogP contribution is 2.28. The van der Waals surface area contributed by atoms with Crippen molar-refractivity contribution >= 4 is 39.1 Å². The molecule has 0 aliphatic rings. The molecule has 0 saturated carbocycles. The van der Waals surface area contributed by atoms with Gasteiger partial charge in [-0.05, 0) is 30.3 Å². The van der Waals surface area contributed by atoms with Crippen molar-refractivity contribution in [2.45, 2.75) is 5.33 Å². The highest BCUT2D eigenvalue weighted by Gasteiger charge is 2.15. The third kappa shape index (κ3) is 2.98. The summed E-state index contributed by atoms with van der Waals surface area (Å²) < 4.78 is 1.98. The van der Waals surface area contributed by atoms with Crippen LogP contribution in [0.1, 0.15) is 5.82 Å². The predicted octanol–water partition coefficient (Wildman–Crippen LogP) is 5.14. The molecule has 2 aromatic carbocycles. The Morgan fingerprint density at radius 1 is 0.952 bits per heavy atom. The van der Waals surface area contributed by atoms with E-state index in [1.54, 1.807) is 6.07 Å². The second kappa shape index (κ2) is 6.18. The van der Waals surface area contributed by atoms with Crippen LogP contribution in [-0.4, -0.2) is 14.8 Å². The molecule has 1 heterocycles. The third-order valence-electron chi connectivity index (χ3n) is 2.98. The van der Waals surface area contributed by atoms with Gasteiger partial charge in [-0.2, -0.15) is 0 Å². The van der Waals surface area contributed by atoms with Crippen LogP contribution in [0.5, 0.6) is 0 Å². The number of nitrogens with zero attached hydrogens (tertiary/aromatic N) is 3. The highest BCUT2D eigenvalue weighted by molar-refractivity contribution is 9.08. The summed E-state index contributed by atoms with van der Waals surface area (Å²) in [7, 11) is 0. The molecule has 0 N–H and O–H groups in total. The SMILES string of the molecule is Clc1cc(Cl)cc(-c2nnc(CBr)n2-c2ccccc2)c1. The van der Waals surface area contributed by atoms with Crippen molar-refractivity contribution in [1.29, 1.82) is 0 Å². The van der Waals surface area contributed by atoms with Gasteiger partial charge in [0.25, 0.3) is 0 Å². The molecule has 0 amide bonds. The predicted molar refractivity (Wildman–Crippen MR) is 89.4 cm³/mol. The van der Waals surface area contributed by atoms with Gasteiger partial charge >= 0.3 is 0 Å². The monoisotopic (exact) mass is 381 g/mol. The number of hydrogen-bond acceptors (Lipinski definition) is 2. The maximum absolute atomic E-state index is 6.09. The Morgan fingerprint density at radius 2 is 1.62 bits per heavy atom. The van der Waals surface area contributed by atoms with Gasteiger partial charge in [0, 0.05) is 21.3 Å². The van der Waals surface area contributed by atoms with Crippen molar-refractivity contribution in [1.82, 2.24) is 14.8 Å². The first kappa shape index (κ1) is 14.6. The number of hydrogen-bond donors (Lipinski definition) is 0. The van der Waals surface area contributed by atoms with Crippen molar-refractivity contribution in [3.05, 3.63) is 64.4 Å². The summed E-state index contributed by atoms with van der Waals surface area (Å²) in [4.78, 5) is 0. The number of benzene rings is 2. The molecule has 3 rings (SSSR count). The Kier molecular flexibility index (Phi) is 4.29. The number of aromatic nitrogens is 3. The van der Waals surface area contributed by atoms with Crippen LogP contribution in [0.2, 0.25) is 10.0 Å². The van der Waals surface area contributed by atoms with Crippen molar-refractivity contribution in [2.75, 3.05) is 0 Å². The van der Waals surface area contributed by atoms with Gasteiger partial charge in [-0.25, -0.2) is 0 Å². The van der Waals surface area contributed by atoms with Crippen LogP contribution in [0.25, 0.3) is 17.1 Å². The number of para-hydroxylation sites is 1. The fourth-order valence-corrected chi connectivity index (χ4v) is 3.01. The average Bonchev–Trinajstić information content (AvgIpc) is 2.91. The van der Waals surface area contributed by atoms with Crippen LogP contribution < -0.4 is 0 Å². The lowest BCUT2D eigenvalue weighted by Crippen LogP contribution is -2.01. The van der Waals surface area contributed by atoms with Crippen LogP contribution in [-0.2, 0) is 5.33 Å². The van der Waals surface area contributed by atoms with E-state index < -0.39 is 0 Å². The largest absolute Gasteiger partial charge is 0.278 e. The zero-order valence-corrected chi connectivity index (χ0v) is 13.9. The minimum atomic E-state index is 0.570. The minimum Gasteiger partial charge on any atom is -0.278 e. The minimum absolute atomic E-state index is 0.570. The molecule has 106 valence electrons. The van der Waals surface area contributed by atoms with Crippen molar-refractivity contribution in [3.8, 4) is 17.1 Å². The molecule has 0 radical (unpaired) electrons. The first-order valence-corrected chi connectivity index (χ1v) is 8.09. The summed E-state index contributed by atoms with van der Waals surface area (Å²) in [5.74, 6) is 1.52. The first-order chi connectivity index (χ1) is 10.2. The Hall–Kier alpha value is -1.36.